The second-order valence-corrected chi connectivity index (χ2v) is 10.2. The van der Waals surface area contributed by atoms with Crippen LogP contribution < -0.4 is 4.74 Å². The summed E-state index contributed by atoms with van der Waals surface area (Å²) in [7, 11) is 0. The number of hydrogen-bond donors (Lipinski definition) is 0. The Bertz CT molecular complexity index is 2250. The number of aromatic nitrogens is 1. The molecule has 236 valence electrons. The van der Waals surface area contributed by atoms with E-state index in [2.05, 4.69) is 9.72 Å². The van der Waals surface area contributed by atoms with Crippen LogP contribution in [0.1, 0.15) is 11.1 Å². The Labute approximate surface area is 258 Å². The van der Waals surface area contributed by atoms with E-state index in [0.717, 1.165) is 42.3 Å². The number of hydrogen-bond acceptors (Lipinski definition) is 2. The molecule has 0 radical (unpaired) electrons. The van der Waals surface area contributed by atoms with Gasteiger partial charge in [-0.05, 0) is 64.9 Å². The van der Waals surface area contributed by atoms with Gasteiger partial charge < -0.3 is 4.74 Å². The lowest BCUT2D eigenvalue weighted by Crippen LogP contribution is -2.25. The number of halogens is 10. The van der Waals surface area contributed by atoms with Gasteiger partial charge in [-0.2, -0.15) is 22.0 Å². The summed E-state index contributed by atoms with van der Waals surface area (Å²) in [5.41, 5.74) is -2.05. The standard InChI is InChI=1S/C35H15F10NO/c36-27-15-20-13-18(4-7-24(20)32(39)26(27)10-11-34(41,42)43)23-9-6-22(17-28(23)37)47-35(44,45)31-29(38)16-21-14-19(5-8-25(21)33(31)40)30-3-1-2-12-46-30/h1-9,12-17H. The minimum Gasteiger partial charge on any atom is -0.429 e. The van der Waals surface area contributed by atoms with E-state index in [0.29, 0.717) is 23.4 Å². The van der Waals surface area contributed by atoms with Crippen LogP contribution >= 0.6 is 0 Å². The van der Waals surface area contributed by atoms with E-state index in [1.165, 1.54) is 30.3 Å². The van der Waals surface area contributed by atoms with Gasteiger partial charge in [-0.15, -0.1) is 0 Å². The highest BCUT2D eigenvalue weighted by molar-refractivity contribution is 5.90. The van der Waals surface area contributed by atoms with Crippen molar-refractivity contribution < 1.29 is 48.6 Å². The second-order valence-electron chi connectivity index (χ2n) is 10.2. The van der Waals surface area contributed by atoms with E-state index in [4.69, 9.17) is 0 Å². The third kappa shape index (κ3) is 6.16. The molecule has 1 heterocycles. The first-order valence-electron chi connectivity index (χ1n) is 13.4. The minimum absolute atomic E-state index is 0.0120. The largest absolute Gasteiger partial charge is 0.458 e. The smallest absolute Gasteiger partial charge is 0.429 e. The first-order valence-corrected chi connectivity index (χ1v) is 13.4. The minimum atomic E-state index is -4.99. The molecule has 0 bridgehead atoms. The van der Waals surface area contributed by atoms with Gasteiger partial charge in [0.1, 0.15) is 40.4 Å². The number of alkyl halides is 5. The van der Waals surface area contributed by atoms with Crippen LogP contribution in [0, 0.1) is 40.9 Å². The van der Waals surface area contributed by atoms with Crippen molar-refractivity contribution in [2.75, 3.05) is 0 Å². The van der Waals surface area contributed by atoms with Gasteiger partial charge in [-0.3, -0.25) is 4.98 Å². The highest BCUT2D eigenvalue weighted by atomic mass is 19.4. The first kappa shape index (κ1) is 31.4. The Hall–Kier alpha value is -5.57. The lowest BCUT2D eigenvalue weighted by Gasteiger charge is -2.21. The molecule has 5 aromatic carbocycles. The van der Waals surface area contributed by atoms with Crippen LogP contribution in [0.15, 0.2) is 91.1 Å². The monoisotopic (exact) mass is 655 g/mol. The van der Waals surface area contributed by atoms with Crippen LogP contribution in [-0.2, 0) is 6.11 Å². The number of ether oxygens (including phenoxy) is 1. The van der Waals surface area contributed by atoms with E-state index in [-0.39, 0.29) is 32.7 Å². The normalized spacial score (nSPS) is 11.9. The molecule has 47 heavy (non-hydrogen) atoms. The molecule has 0 aliphatic heterocycles. The van der Waals surface area contributed by atoms with Crippen molar-refractivity contribution in [3.8, 4) is 40.0 Å². The van der Waals surface area contributed by atoms with Crippen molar-refractivity contribution in [3.05, 3.63) is 131 Å². The Morgan fingerprint density at radius 2 is 1.28 bits per heavy atom. The maximum atomic E-state index is 15.3. The maximum absolute atomic E-state index is 15.3. The highest BCUT2D eigenvalue weighted by Crippen LogP contribution is 2.40. The van der Waals surface area contributed by atoms with E-state index in [1.54, 1.807) is 18.2 Å². The molecule has 6 aromatic rings. The first-order chi connectivity index (χ1) is 22.2. The average Bonchev–Trinajstić information content (AvgIpc) is 3.00. The lowest BCUT2D eigenvalue weighted by molar-refractivity contribution is -0.189. The molecule has 0 saturated heterocycles. The molecule has 0 spiro atoms. The van der Waals surface area contributed by atoms with Crippen LogP contribution in [0.25, 0.3) is 43.9 Å². The summed E-state index contributed by atoms with van der Waals surface area (Å²) in [6, 6.07) is 16.2. The summed E-state index contributed by atoms with van der Waals surface area (Å²) in [5.74, 6) is -5.69. The molecule has 0 unspecified atom stereocenters. The highest BCUT2D eigenvalue weighted by Gasteiger charge is 2.42. The molecule has 0 N–H and O–H groups in total. The molecular weight excluding hydrogens is 640 g/mol. The predicted octanol–water partition coefficient (Wildman–Crippen LogP) is 10.5. The zero-order valence-electron chi connectivity index (χ0n) is 23.3. The molecule has 0 aliphatic carbocycles. The second kappa shape index (κ2) is 11.7. The van der Waals surface area contributed by atoms with Gasteiger partial charge in [0.25, 0.3) is 0 Å². The fourth-order valence-corrected chi connectivity index (χ4v) is 5.03. The van der Waals surface area contributed by atoms with Crippen LogP contribution in [-0.4, -0.2) is 11.2 Å². The van der Waals surface area contributed by atoms with Crippen molar-refractivity contribution in [1.82, 2.24) is 4.98 Å². The van der Waals surface area contributed by atoms with Gasteiger partial charge in [0.2, 0.25) is 0 Å². The van der Waals surface area contributed by atoms with Crippen molar-refractivity contribution in [3.63, 3.8) is 0 Å². The zero-order chi connectivity index (χ0) is 33.7. The van der Waals surface area contributed by atoms with E-state index in [1.807, 2.05) is 0 Å². The SMILES string of the molecule is Fc1cc(OC(F)(F)c2c(F)cc3cc(-c4ccccn4)ccc3c2F)ccc1-c1ccc2c(F)c(C#CC(F)(F)F)c(F)cc2c1. The maximum Gasteiger partial charge on any atom is 0.458 e. The summed E-state index contributed by atoms with van der Waals surface area (Å²) >= 11 is 0. The average molecular weight is 655 g/mol. The molecule has 0 saturated carbocycles. The summed E-state index contributed by atoms with van der Waals surface area (Å²) in [4.78, 5) is 4.15. The Balaban J connectivity index is 1.30. The molecule has 6 rings (SSSR count). The fraction of sp³-hybridized carbons (Fsp3) is 0.0571. The number of fused-ring (bicyclic) bond motifs is 2. The quantitative estimate of drug-likeness (QED) is 0.136. The van der Waals surface area contributed by atoms with Crippen LogP contribution in [0.3, 0.4) is 0 Å². The fourth-order valence-electron chi connectivity index (χ4n) is 5.03. The third-order valence-electron chi connectivity index (χ3n) is 7.14. The molecular formula is C35H15F10NO. The predicted molar refractivity (Wildman–Crippen MR) is 154 cm³/mol. The van der Waals surface area contributed by atoms with Crippen LogP contribution in [0.2, 0.25) is 0 Å². The molecule has 2 nitrogen and oxygen atoms in total. The summed E-state index contributed by atoms with van der Waals surface area (Å²) in [6.45, 7) is 0. The Morgan fingerprint density at radius 1 is 0.617 bits per heavy atom. The van der Waals surface area contributed by atoms with Crippen LogP contribution in [0.4, 0.5) is 43.9 Å². The van der Waals surface area contributed by atoms with Gasteiger partial charge in [0.15, 0.2) is 0 Å². The van der Waals surface area contributed by atoms with Crippen molar-refractivity contribution in [1.29, 1.82) is 0 Å². The van der Waals surface area contributed by atoms with Crippen LogP contribution in [0.5, 0.6) is 5.75 Å². The Kier molecular flexibility index (Phi) is 7.79. The van der Waals surface area contributed by atoms with E-state index in [9.17, 15) is 26.3 Å². The number of pyridine rings is 1. The number of nitrogens with zero attached hydrogens (tertiary/aromatic N) is 1. The van der Waals surface area contributed by atoms with Gasteiger partial charge >= 0.3 is 12.3 Å². The van der Waals surface area contributed by atoms with Gasteiger partial charge in [-0.1, -0.05) is 36.3 Å². The molecule has 0 aliphatic rings. The molecule has 0 atom stereocenters. The summed E-state index contributed by atoms with van der Waals surface area (Å²) in [5, 5.41) is -0.807. The van der Waals surface area contributed by atoms with Gasteiger partial charge in [-0.25, -0.2) is 22.0 Å². The zero-order valence-corrected chi connectivity index (χ0v) is 23.3. The summed E-state index contributed by atoms with van der Waals surface area (Å²) < 4.78 is 147. The molecule has 0 fully saturated rings. The molecule has 12 heteroatoms. The molecule has 0 amide bonds. The molecule has 1 aromatic heterocycles. The van der Waals surface area contributed by atoms with Gasteiger partial charge in [0, 0.05) is 40.1 Å². The lowest BCUT2D eigenvalue weighted by atomic mass is 9.98. The van der Waals surface area contributed by atoms with Gasteiger partial charge in [0.05, 0.1) is 11.3 Å². The van der Waals surface area contributed by atoms with Crippen molar-refractivity contribution in [2.45, 2.75) is 12.3 Å². The van der Waals surface area contributed by atoms with E-state index >= 15 is 17.6 Å². The topological polar surface area (TPSA) is 22.1 Å². The van der Waals surface area contributed by atoms with E-state index < -0.39 is 58.2 Å². The van der Waals surface area contributed by atoms with Crippen molar-refractivity contribution in [2.24, 2.45) is 0 Å². The van der Waals surface area contributed by atoms with Crippen molar-refractivity contribution >= 4 is 21.5 Å². The number of benzene rings is 5. The third-order valence-corrected chi connectivity index (χ3v) is 7.14. The number of rotatable bonds is 5. The Morgan fingerprint density at radius 3 is 1.94 bits per heavy atom. The summed E-state index contributed by atoms with van der Waals surface area (Å²) in [6.07, 6.45) is -8.07.